The molecule has 0 N–H and O–H groups in total. The van der Waals surface area contributed by atoms with Gasteiger partial charge in [0.05, 0.1) is 15.5 Å². The molecule has 0 aromatic heterocycles. The molecule has 140 valence electrons. The van der Waals surface area contributed by atoms with Crippen molar-refractivity contribution in [2.45, 2.75) is 9.79 Å². The average Bonchev–Trinajstić information content (AvgIpc) is 2.61. The van der Waals surface area contributed by atoms with Crippen molar-refractivity contribution in [3.05, 3.63) is 48.5 Å². The Balaban J connectivity index is 1.88. The Morgan fingerprint density at radius 1 is 0.731 bits per heavy atom. The van der Waals surface area contributed by atoms with Crippen molar-refractivity contribution in [1.82, 2.24) is 0 Å². The Morgan fingerprint density at radius 3 is 1.85 bits per heavy atom. The zero-order chi connectivity index (χ0) is 18.9. The molecule has 26 heavy (non-hydrogen) atoms. The first-order chi connectivity index (χ1) is 12.2. The molecule has 2 aromatic rings. The van der Waals surface area contributed by atoms with Gasteiger partial charge in [-0.2, -0.15) is 0 Å². The predicted octanol–water partition coefficient (Wildman–Crippen LogP) is 1.82. The summed E-state index contributed by atoms with van der Waals surface area (Å²) in [6.45, 7) is 2.85. The van der Waals surface area contributed by atoms with E-state index in [2.05, 4.69) is 17.0 Å². The van der Waals surface area contributed by atoms with E-state index in [4.69, 9.17) is 0 Å². The fourth-order valence-corrected chi connectivity index (χ4v) is 4.77. The summed E-state index contributed by atoms with van der Waals surface area (Å²) in [5.74, 6) is 0. The fraction of sp³-hybridized carbons (Fsp3) is 0.333. The molecule has 6 nitrogen and oxygen atoms in total. The van der Waals surface area contributed by atoms with Crippen LogP contribution in [0, 0.1) is 0 Å². The average molecular weight is 395 g/mol. The van der Waals surface area contributed by atoms with Crippen molar-refractivity contribution in [2.24, 2.45) is 0 Å². The molecule has 3 rings (SSSR count). The topological polar surface area (TPSA) is 74.8 Å². The molecule has 0 aliphatic carbocycles. The Labute approximate surface area is 154 Å². The Hall–Kier alpha value is -2.06. The van der Waals surface area contributed by atoms with Crippen LogP contribution in [0.1, 0.15) is 0 Å². The maximum Gasteiger partial charge on any atom is 0.177 e. The lowest BCUT2D eigenvalue weighted by atomic mass is 10.2. The summed E-state index contributed by atoms with van der Waals surface area (Å²) in [5, 5.41) is 0. The highest BCUT2D eigenvalue weighted by atomic mass is 32.2. The lowest BCUT2D eigenvalue weighted by Gasteiger charge is -2.38. The van der Waals surface area contributed by atoms with Gasteiger partial charge in [-0.05, 0) is 30.3 Å². The van der Waals surface area contributed by atoms with E-state index >= 15 is 0 Å². The third-order valence-electron chi connectivity index (χ3n) is 4.50. The van der Waals surface area contributed by atoms with Crippen LogP contribution in [-0.4, -0.2) is 55.5 Å². The van der Waals surface area contributed by atoms with Crippen LogP contribution in [0.3, 0.4) is 0 Å². The van der Waals surface area contributed by atoms with E-state index in [0.29, 0.717) is 18.8 Å². The number of anilines is 2. The van der Waals surface area contributed by atoms with E-state index in [9.17, 15) is 16.8 Å². The van der Waals surface area contributed by atoms with Gasteiger partial charge >= 0.3 is 0 Å². The zero-order valence-electron chi connectivity index (χ0n) is 14.8. The molecular formula is C18H22N2O4S2. The van der Waals surface area contributed by atoms with Crippen molar-refractivity contribution < 1.29 is 16.8 Å². The van der Waals surface area contributed by atoms with E-state index in [1.54, 1.807) is 6.07 Å². The van der Waals surface area contributed by atoms with Crippen LogP contribution in [0.2, 0.25) is 0 Å². The van der Waals surface area contributed by atoms with Gasteiger partial charge in [-0.15, -0.1) is 0 Å². The largest absolute Gasteiger partial charge is 0.368 e. The second-order valence-corrected chi connectivity index (χ2v) is 10.5. The standard InChI is InChI=1S/C18H22N2O4S2/c1-25(21,22)16-8-9-17(18(14-16)26(2,23)24)20-12-10-19(11-13-20)15-6-4-3-5-7-15/h3-9,14H,10-13H2,1-2H3. The van der Waals surface area contributed by atoms with E-state index in [0.717, 1.165) is 31.3 Å². The van der Waals surface area contributed by atoms with Crippen LogP contribution in [0.25, 0.3) is 0 Å². The predicted molar refractivity (Wildman–Crippen MR) is 104 cm³/mol. The van der Waals surface area contributed by atoms with Crippen molar-refractivity contribution in [1.29, 1.82) is 0 Å². The van der Waals surface area contributed by atoms with Gasteiger partial charge < -0.3 is 9.80 Å². The number of para-hydroxylation sites is 1. The SMILES string of the molecule is CS(=O)(=O)c1ccc(N2CCN(c3ccccc3)CC2)c(S(C)(=O)=O)c1. The summed E-state index contributed by atoms with van der Waals surface area (Å²) in [7, 11) is -7.02. The summed E-state index contributed by atoms with van der Waals surface area (Å²) < 4.78 is 48.0. The van der Waals surface area contributed by atoms with Gasteiger partial charge in [-0.3, -0.25) is 0 Å². The van der Waals surface area contributed by atoms with Crippen LogP contribution in [0.4, 0.5) is 11.4 Å². The second kappa shape index (κ2) is 6.92. The van der Waals surface area contributed by atoms with Crippen LogP contribution in [-0.2, 0) is 19.7 Å². The Bertz CT molecular complexity index is 995. The van der Waals surface area contributed by atoms with E-state index in [1.807, 2.05) is 23.1 Å². The van der Waals surface area contributed by atoms with Crippen molar-refractivity contribution in [2.75, 3.05) is 48.5 Å². The summed E-state index contributed by atoms with van der Waals surface area (Å²) in [6, 6.07) is 14.4. The third-order valence-corrected chi connectivity index (χ3v) is 6.74. The van der Waals surface area contributed by atoms with Gasteiger partial charge in [0, 0.05) is 44.4 Å². The number of hydrogen-bond acceptors (Lipinski definition) is 6. The number of sulfone groups is 2. The minimum absolute atomic E-state index is 0.0181. The number of piperazine rings is 1. The number of nitrogens with zero attached hydrogens (tertiary/aromatic N) is 2. The lowest BCUT2D eigenvalue weighted by Crippen LogP contribution is -2.46. The molecule has 0 bridgehead atoms. The normalized spacial score (nSPS) is 15.9. The van der Waals surface area contributed by atoms with Gasteiger partial charge in [-0.25, -0.2) is 16.8 Å². The smallest absolute Gasteiger partial charge is 0.177 e. The van der Waals surface area contributed by atoms with E-state index in [-0.39, 0.29) is 9.79 Å². The summed E-state index contributed by atoms with van der Waals surface area (Å²) in [5.41, 5.74) is 1.70. The maximum absolute atomic E-state index is 12.2. The minimum atomic E-state index is -3.55. The molecule has 1 aliphatic heterocycles. The summed E-state index contributed by atoms with van der Waals surface area (Å²) in [4.78, 5) is 4.33. The van der Waals surface area contributed by atoms with Crippen molar-refractivity contribution in [3.63, 3.8) is 0 Å². The van der Waals surface area contributed by atoms with Gasteiger partial charge in [0.2, 0.25) is 0 Å². The van der Waals surface area contributed by atoms with Crippen molar-refractivity contribution in [3.8, 4) is 0 Å². The number of rotatable bonds is 4. The quantitative estimate of drug-likeness (QED) is 0.788. The van der Waals surface area contributed by atoms with Crippen LogP contribution in [0.5, 0.6) is 0 Å². The first kappa shape index (κ1) is 18.7. The Morgan fingerprint density at radius 2 is 1.31 bits per heavy atom. The zero-order valence-corrected chi connectivity index (χ0v) is 16.4. The molecule has 0 atom stereocenters. The van der Waals surface area contributed by atoms with Crippen molar-refractivity contribution >= 4 is 31.0 Å². The molecule has 0 saturated carbocycles. The monoisotopic (exact) mass is 394 g/mol. The highest BCUT2D eigenvalue weighted by molar-refractivity contribution is 7.91. The van der Waals surface area contributed by atoms with Crippen LogP contribution in [0.15, 0.2) is 58.3 Å². The van der Waals surface area contributed by atoms with Gasteiger partial charge in [-0.1, -0.05) is 18.2 Å². The second-order valence-electron chi connectivity index (χ2n) is 6.48. The molecule has 1 heterocycles. The summed E-state index contributed by atoms with van der Waals surface area (Å²) >= 11 is 0. The van der Waals surface area contributed by atoms with Crippen LogP contribution < -0.4 is 9.80 Å². The molecule has 1 saturated heterocycles. The molecule has 0 radical (unpaired) electrons. The molecule has 0 amide bonds. The molecule has 0 spiro atoms. The highest BCUT2D eigenvalue weighted by Crippen LogP contribution is 2.29. The number of benzene rings is 2. The number of hydrogen-bond donors (Lipinski definition) is 0. The molecule has 1 aliphatic rings. The highest BCUT2D eigenvalue weighted by Gasteiger charge is 2.24. The third kappa shape index (κ3) is 4.02. The molecule has 0 unspecified atom stereocenters. The minimum Gasteiger partial charge on any atom is -0.368 e. The molecular weight excluding hydrogens is 372 g/mol. The van der Waals surface area contributed by atoms with E-state index in [1.165, 1.54) is 12.1 Å². The summed E-state index contributed by atoms with van der Waals surface area (Å²) in [6.07, 6.45) is 2.19. The lowest BCUT2D eigenvalue weighted by molar-refractivity contribution is 0.598. The molecule has 1 fully saturated rings. The fourth-order valence-electron chi connectivity index (χ4n) is 3.13. The van der Waals surface area contributed by atoms with E-state index < -0.39 is 19.7 Å². The van der Waals surface area contributed by atoms with Crippen LogP contribution >= 0.6 is 0 Å². The van der Waals surface area contributed by atoms with Gasteiger partial charge in [0.25, 0.3) is 0 Å². The Kier molecular flexibility index (Phi) is 4.98. The molecule has 2 aromatic carbocycles. The first-order valence-electron chi connectivity index (χ1n) is 8.25. The first-order valence-corrected chi connectivity index (χ1v) is 12.0. The van der Waals surface area contributed by atoms with Gasteiger partial charge in [0.15, 0.2) is 19.7 Å². The molecule has 8 heteroatoms. The van der Waals surface area contributed by atoms with Gasteiger partial charge in [0.1, 0.15) is 0 Å². The maximum atomic E-state index is 12.2.